The molecule has 0 atom stereocenters. The van der Waals surface area contributed by atoms with E-state index in [0.29, 0.717) is 23.1 Å². The number of fused-ring (bicyclic) bond motifs is 7. The Morgan fingerprint density at radius 2 is 0.820 bits per heavy atom. The average molecular weight is 642 g/mol. The average Bonchev–Trinajstić information content (AvgIpc) is 3.76. The summed E-state index contributed by atoms with van der Waals surface area (Å²) in [6, 6.07) is 55.7. The van der Waals surface area contributed by atoms with Crippen molar-refractivity contribution in [2.75, 3.05) is 0 Å². The van der Waals surface area contributed by atoms with Gasteiger partial charge in [0, 0.05) is 32.7 Å². The van der Waals surface area contributed by atoms with E-state index in [1.54, 1.807) is 0 Å². The molecule has 10 rings (SSSR count). The Morgan fingerprint density at radius 1 is 0.320 bits per heavy atom. The quantitative estimate of drug-likeness (QED) is 0.187. The first-order valence-corrected chi connectivity index (χ1v) is 16.6. The smallest absolute Gasteiger partial charge is 0.168 e. The maximum Gasteiger partial charge on any atom is 0.168 e. The summed E-state index contributed by atoms with van der Waals surface area (Å²) in [7, 11) is 0. The third-order valence-corrected chi connectivity index (χ3v) is 9.37. The molecule has 50 heavy (non-hydrogen) atoms. The zero-order valence-corrected chi connectivity index (χ0v) is 26.7. The standard InChI is InChI=1S/C45H27N3O2/c1-3-13-28(14-4-1)29-23-25-30(26-24-29)32-17-7-8-18-33(32)44-46-43(31-15-5-2-6-16-31)47-45(48-44)36-27-39-40(34-19-9-11-21-37(34)49-39)41-35-20-10-12-22-38(35)50-42(36)41/h1-27H. The van der Waals surface area contributed by atoms with Crippen LogP contribution in [0.15, 0.2) is 173 Å². The minimum absolute atomic E-state index is 0.509. The summed E-state index contributed by atoms with van der Waals surface area (Å²) in [6.45, 7) is 0. The van der Waals surface area contributed by atoms with E-state index >= 15 is 0 Å². The molecule has 10 aromatic rings. The van der Waals surface area contributed by atoms with Gasteiger partial charge in [-0.25, -0.2) is 15.0 Å². The number of aromatic nitrogens is 3. The molecule has 0 saturated heterocycles. The van der Waals surface area contributed by atoms with Gasteiger partial charge in [-0.1, -0.05) is 146 Å². The lowest BCUT2D eigenvalue weighted by molar-refractivity contribution is 0.663. The maximum absolute atomic E-state index is 6.65. The molecule has 5 nitrogen and oxygen atoms in total. The SMILES string of the molecule is c1ccc(-c2ccc(-c3ccccc3-c3nc(-c4ccccc4)nc(-c4cc5oc6ccccc6c5c5c4oc4ccccc45)n3)cc2)cc1. The Bertz CT molecular complexity index is 2850. The number of furan rings is 2. The van der Waals surface area contributed by atoms with Gasteiger partial charge < -0.3 is 8.83 Å². The first kappa shape index (κ1) is 28.2. The van der Waals surface area contributed by atoms with E-state index in [4.69, 9.17) is 23.8 Å². The van der Waals surface area contributed by atoms with Crippen LogP contribution in [0.5, 0.6) is 0 Å². The van der Waals surface area contributed by atoms with Gasteiger partial charge in [0.25, 0.3) is 0 Å². The molecular weight excluding hydrogens is 615 g/mol. The second-order valence-electron chi connectivity index (χ2n) is 12.4. The molecule has 0 aliphatic carbocycles. The van der Waals surface area contributed by atoms with Crippen LogP contribution in [0.1, 0.15) is 0 Å². The zero-order chi connectivity index (χ0) is 33.0. The van der Waals surface area contributed by atoms with E-state index in [1.165, 1.54) is 5.56 Å². The highest BCUT2D eigenvalue weighted by Crippen LogP contribution is 2.44. The van der Waals surface area contributed by atoms with Crippen LogP contribution >= 0.6 is 0 Å². The normalized spacial score (nSPS) is 11.6. The molecule has 0 unspecified atom stereocenters. The highest BCUT2D eigenvalue weighted by molar-refractivity contribution is 6.28. The summed E-state index contributed by atoms with van der Waals surface area (Å²) in [5, 5.41) is 4.06. The topological polar surface area (TPSA) is 65.0 Å². The second-order valence-corrected chi connectivity index (χ2v) is 12.4. The van der Waals surface area contributed by atoms with E-state index in [9.17, 15) is 0 Å². The number of para-hydroxylation sites is 2. The van der Waals surface area contributed by atoms with Gasteiger partial charge in [-0.05, 0) is 40.5 Å². The monoisotopic (exact) mass is 641 g/mol. The van der Waals surface area contributed by atoms with Crippen LogP contribution in [-0.4, -0.2) is 15.0 Å². The summed E-state index contributed by atoms with van der Waals surface area (Å²) in [5.41, 5.74) is 10.1. The first-order valence-electron chi connectivity index (χ1n) is 16.6. The lowest BCUT2D eigenvalue weighted by Gasteiger charge is -2.13. The van der Waals surface area contributed by atoms with Crippen molar-refractivity contribution in [2.24, 2.45) is 0 Å². The Balaban J connectivity index is 1.22. The molecule has 0 aliphatic heterocycles. The molecule has 0 amide bonds. The van der Waals surface area contributed by atoms with Crippen LogP contribution in [0, 0.1) is 0 Å². The van der Waals surface area contributed by atoms with Crippen LogP contribution in [0.3, 0.4) is 0 Å². The van der Waals surface area contributed by atoms with Crippen LogP contribution in [-0.2, 0) is 0 Å². The van der Waals surface area contributed by atoms with Gasteiger partial charge in [-0.15, -0.1) is 0 Å². The van der Waals surface area contributed by atoms with Crippen LogP contribution in [0.25, 0.3) is 100 Å². The van der Waals surface area contributed by atoms with Gasteiger partial charge in [0.05, 0.1) is 5.56 Å². The summed E-state index contributed by atoms with van der Waals surface area (Å²) in [4.78, 5) is 15.4. The van der Waals surface area contributed by atoms with E-state index in [2.05, 4.69) is 78.9 Å². The highest BCUT2D eigenvalue weighted by atomic mass is 16.3. The first-order chi connectivity index (χ1) is 24.8. The van der Waals surface area contributed by atoms with Gasteiger partial charge in [0.1, 0.15) is 22.3 Å². The van der Waals surface area contributed by atoms with Crippen molar-refractivity contribution in [1.82, 2.24) is 15.0 Å². The fourth-order valence-electron chi connectivity index (χ4n) is 7.01. The summed E-state index contributed by atoms with van der Waals surface area (Å²) < 4.78 is 13.1. The Morgan fingerprint density at radius 3 is 1.54 bits per heavy atom. The van der Waals surface area contributed by atoms with Crippen molar-refractivity contribution in [1.29, 1.82) is 0 Å². The zero-order valence-electron chi connectivity index (χ0n) is 26.7. The molecule has 0 spiro atoms. The van der Waals surface area contributed by atoms with Crippen LogP contribution < -0.4 is 0 Å². The maximum atomic E-state index is 6.65. The molecule has 0 N–H and O–H groups in total. The predicted octanol–water partition coefficient (Wildman–Crippen LogP) is 12.0. The molecule has 0 radical (unpaired) electrons. The third-order valence-electron chi connectivity index (χ3n) is 9.37. The van der Waals surface area contributed by atoms with E-state index in [0.717, 1.165) is 71.7 Å². The molecule has 0 saturated carbocycles. The number of nitrogens with zero attached hydrogens (tertiary/aromatic N) is 3. The molecule has 234 valence electrons. The van der Waals surface area contributed by atoms with Crippen molar-refractivity contribution >= 4 is 43.9 Å². The lowest BCUT2D eigenvalue weighted by atomic mass is 9.96. The van der Waals surface area contributed by atoms with Crippen molar-refractivity contribution in [3.05, 3.63) is 164 Å². The molecule has 7 aromatic carbocycles. The lowest BCUT2D eigenvalue weighted by Crippen LogP contribution is -2.01. The molecular formula is C45H27N3O2. The minimum atomic E-state index is 0.509. The predicted molar refractivity (Wildman–Crippen MR) is 202 cm³/mol. The second kappa shape index (κ2) is 11.4. The fraction of sp³-hybridized carbons (Fsp3) is 0. The van der Waals surface area contributed by atoms with Gasteiger partial charge in [-0.2, -0.15) is 0 Å². The van der Waals surface area contributed by atoms with Crippen LogP contribution in [0.4, 0.5) is 0 Å². The van der Waals surface area contributed by atoms with Crippen molar-refractivity contribution in [3.8, 4) is 56.4 Å². The van der Waals surface area contributed by atoms with Gasteiger partial charge in [0.2, 0.25) is 0 Å². The van der Waals surface area contributed by atoms with Gasteiger partial charge in [-0.3, -0.25) is 0 Å². The molecule has 3 aromatic heterocycles. The van der Waals surface area contributed by atoms with Gasteiger partial charge in [0.15, 0.2) is 17.5 Å². The largest absolute Gasteiger partial charge is 0.456 e. The Kier molecular flexibility index (Phi) is 6.42. The minimum Gasteiger partial charge on any atom is -0.456 e. The molecule has 0 bridgehead atoms. The van der Waals surface area contributed by atoms with Crippen LogP contribution in [0.2, 0.25) is 0 Å². The fourth-order valence-corrected chi connectivity index (χ4v) is 7.01. The number of hydrogen-bond donors (Lipinski definition) is 0. The van der Waals surface area contributed by atoms with E-state index < -0.39 is 0 Å². The van der Waals surface area contributed by atoms with Crippen molar-refractivity contribution < 1.29 is 8.83 Å². The number of hydrogen-bond acceptors (Lipinski definition) is 5. The van der Waals surface area contributed by atoms with Crippen molar-refractivity contribution in [2.45, 2.75) is 0 Å². The molecule has 0 fully saturated rings. The van der Waals surface area contributed by atoms with Gasteiger partial charge >= 0.3 is 0 Å². The number of rotatable bonds is 5. The Hall–Kier alpha value is -6.85. The van der Waals surface area contributed by atoms with E-state index in [1.807, 2.05) is 84.9 Å². The van der Waals surface area contributed by atoms with Crippen molar-refractivity contribution in [3.63, 3.8) is 0 Å². The van der Waals surface area contributed by atoms with E-state index in [-0.39, 0.29) is 0 Å². The highest BCUT2D eigenvalue weighted by Gasteiger charge is 2.23. The molecule has 5 heteroatoms. The molecule has 3 heterocycles. The molecule has 0 aliphatic rings. The Labute approximate surface area is 287 Å². The summed E-state index contributed by atoms with van der Waals surface area (Å²) in [5.74, 6) is 1.66. The number of benzene rings is 7. The third kappa shape index (κ3) is 4.60. The summed E-state index contributed by atoms with van der Waals surface area (Å²) >= 11 is 0. The summed E-state index contributed by atoms with van der Waals surface area (Å²) in [6.07, 6.45) is 0.